The van der Waals surface area contributed by atoms with Crippen LogP contribution in [0, 0.1) is 6.92 Å². The van der Waals surface area contributed by atoms with Crippen molar-refractivity contribution in [1.82, 2.24) is 13.6 Å². The Bertz CT molecular complexity index is 1290. The van der Waals surface area contributed by atoms with Crippen LogP contribution < -0.4 is 4.74 Å². The molecule has 8 nitrogen and oxygen atoms in total. The lowest BCUT2D eigenvalue weighted by Gasteiger charge is -2.38. The highest BCUT2D eigenvalue weighted by Gasteiger charge is 2.47. The summed E-state index contributed by atoms with van der Waals surface area (Å²) in [6.45, 7) is 2.18. The average molecular weight is 568 g/mol. The lowest BCUT2D eigenvalue weighted by molar-refractivity contribution is 0.0956. The van der Waals surface area contributed by atoms with E-state index in [9.17, 15) is 16.8 Å². The van der Waals surface area contributed by atoms with Gasteiger partial charge in [0, 0.05) is 49.9 Å². The number of nitrogens with zero attached hydrogens (tertiary/aromatic N) is 3. The van der Waals surface area contributed by atoms with Crippen LogP contribution in [-0.2, 0) is 20.0 Å². The van der Waals surface area contributed by atoms with Gasteiger partial charge in [-0.3, -0.25) is 4.98 Å². The smallest absolute Gasteiger partial charge is 0.245 e. The van der Waals surface area contributed by atoms with Crippen molar-refractivity contribution in [1.29, 1.82) is 0 Å². The number of pyridine rings is 1. The van der Waals surface area contributed by atoms with E-state index in [0.29, 0.717) is 37.8 Å². The highest BCUT2D eigenvalue weighted by Crippen LogP contribution is 2.40. The second-order valence-corrected chi connectivity index (χ2v) is 14.6. The van der Waals surface area contributed by atoms with E-state index in [0.717, 1.165) is 31.4 Å². The zero-order chi connectivity index (χ0) is 26.2. The van der Waals surface area contributed by atoms with Crippen molar-refractivity contribution in [3.8, 4) is 5.75 Å². The third-order valence-electron chi connectivity index (χ3n) is 7.89. The van der Waals surface area contributed by atoms with E-state index < -0.39 is 20.0 Å². The van der Waals surface area contributed by atoms with Crippen molar-refractivity contribution in [2.24, 2.45) is 0 Å². The Labute approximate surface area is 225 Å². The van der Waals surface area contributed by atoms with E-state index in [-0.39, 0.29) is 39.9 Å². The zero-order valence-electron chi connectivity index (χ0n) is 21.0. The molecule has 0 aliphatic carbocycles. The second-order valence-electron chi connectivity index (χ2n) is 10.4. The van der Waals surface area contributed by atoms with Gasteiger partial charge in [0.2, 0.25) is 20.0 Å². The van der Waals surface area contributed by atoms with Crippen LogP contribution in [0.15, 0.2) is 47.6 Å². The minimum Gasteiger partial charge on any atom is -0.490 e. The van der Waals surface area contributed by atoms with Gasteiger partial charge in [-0.05, 0) is 69.2 Å². The lowest BCUT2D eigenvalue weighted by atomic mass is 10.0. The Kier molecular flexibility index (Phi) is 7.85. The standard InChI is InChI=1S/C26H34ClN3O5S2/c1-19-5-2-8-25(27)26(19)37(33,34)29-15-3-6-20(29)7-4-16-36(31,32)30-21-9-10-22(30)18-24(17-21)35-23-11-13-28-14-12-23/h2,5,8,11-14,20-22,24H,3-4,6-7,9-10,15-18H2,1H3/t20-,21-,22+,24?/m0/s1. The van der Waals surface area contributed by atoms with Crippen molar-refractivity contribution < 1.29 is 21.6 Å². The van der Waals surface area contributed by atoms with Gasteiger partial charge in [0.05, 0.1) is 10.8 Å². The van der Waals surface area contributed by atoms with Crippen LogP contribution in [0.25, 0.3) is 0 Å². The lowest BCUT2D eigenvalue weighted by Crippen LogP contribution is -2.50. The molecule has 0 spiro atoms. The normalized spacial score (nSPS) is 27.0. The summed E-state index contributed by atoms with van der Waals surface area (Å²) in [4.78, 5) is 4.17. The van der Waals surface area contributed by atoms with Crippen LogP contribution in [-0.4, -0.2) is 67.0 Å². The first-order valence-electron chi connectivity index (χ1n) is 13.0. The summed E-state index contributed by atoms with van der Waals surface area (Å²) in [5.74, 6) is 0.796. The molecule has 1 unspecified atom stereocenters. The molecular weight excluding hydrogens is 534 g/mol. The molecule has 5 rings (SSSR count). The maximum atomic E-state index is 13.4. The van der Waals surface area contributed by atoms with Crippen LogP contribution in [0.3, 0.4) is 0 Å². The van der Waals surface area contributed by atoms with Gasteiger partial charge in [-0.1, -0.05) is 23.7 Å². The Morgan fingerprint density at radius 3 is 2.41 bits per heavy atom. The molecule has 202 valence electrons. The SMILES string of the molecule is Cc1cccc(Cl)c1S(=O)(=O)N1CCC[C@H]1CCCS(=O)(=O)N1[C@@H]2CC[C@H]1CC(Oc1ccncc1)C2. The molecule has 0 radical (unpaired) electrons. The van der Waals surface area contributed by atoms with Gasteiger partial charge in [0.1, 0.15) is 16.7 Å². The number of aryl methyl sites for hydroxylation is 1. The zero-order valence-corrected chi connectivity index (χ0v) is 23.4. The molecule has 4 heterocycles. The molecule has 1 aromatic heterocycles. The fraction of sp³-hybridized carbons (Fsp3) is 0.577. The van der Waals surface area contributed by atoms with Gasteiger partial charge >= 0.3 is 0 Å². The van der Waals surface area contributed by atoms with Gasteiger partial charge in [-0.2, -0.15) is 8.61 Å². The maximum absolute atomic E-state index is 13.4. The molecule has 2 aromatic rings. The molecule has 0 amide bonds. The highest BCUT2D eigenvalue weighted by molar-refractivity contribution is 7.89. The number of ether oxygens (including phenoxy) is 1. The van der Waals surface area contributed by atoms with E-state index in [1.165, 1.54) is 4.31 Å². The predicted octanol–water partition coefficient (Wildman–Crippen LogP) is 4.38. The monoisotopic (exact) mass is 567 g/mol. The number of sulfonamides is 2. The number of piperidine rings is 1. The Morgan fingerprint density at radius 1 is 1.03 bits per heavy atom. The molecule has 4 atom stereocenters. The van der Waals surface area contributed by atoms with E-state index in [4.69, 9.17) is 16.3 Å². The highest BCUT2D eigenvalue weighted by atomic mass is 35.5. The Morgan fingerprint density at radius 2 is 1.73 bits per heavy atom. The fourth-order valence-corrected chi connectivity index (χ4v) is 10.9. The molecule has 3 saturated heterocycles. The van der Waals surface area contributed by atoms with Crippen molar-refractivity contribution in [3.05, 3.63) is 53.3 Å². The first-order chi connectivity index (χ1) is 17.7. The van der Waals surface area contributed by atoms with Gasteiger partial charge in [0.25, 0.3) is 0 Å². The minimum absolute atomic E-state index is 0.00290. The Balaban J connectivity index is 1.20. The van der Waals surface area contributed by atoms with Crippen LogP contribution >= 0.6 is 11.6 Å². The van der Waals surface area contributed by atoms with Gasteiger partial charge < -0.3 is 4.74 Å². The van der Waals surface area contributed by atoms with E-state index in [1.54, 1.807) is 41.8 Å². The van der Waals surface area contributed by atoms with Crippen LogP contribution in [0.2, 0.25) is 5.02 Å². The molecule has 0 N–H and O–H groups in total. The summed E-state index contributed by atoms with van der Waals surface area (Å²) < 4.78 is 63.1. The first kappa shape index (κ1) is 26.9. The molecule has 3 aliphatic heterocycles. The quantitative estimate of drug-likeness (QED) is 0.446. The van der Waals surface area contributed by atoms with Crippen molar-refractivity contribution >= 4 is 31.6 Å². The molecule has 37 heavy (non-hydrogen) atoms. The second kappa shape index (κ2) is 10.8. The molecular formula is C26H34ClN3O5S2. The third kappa shape index (κ3) is 5.54. The first-order valence-corrected chi connectivity index (χ1v) is 16.4. The van der Waals surface area contributed by atoms with Crippen LogP contribution in [0.5, 0.6) is 5.75 Å². The Hall–Kier alpha value is -1.72. The summed E-state index contributed by atoms with van der Waals surface area (Å²) in [6, 6.07) is 8.44. The number of rotatable bonds is 9. The molecule has 3 fully saturated rings. The summed E-state index contributed by atoms with van der Waals surface area (Å²) in [5, 5.41) is 0.222. The van der Waals surface area contributed by atoms with Crippen molar-refractivity contribution in [3.63, 3.8) is 0 Å². The number of halogens is 1. The topological polar surface area (TPSA) is 96.9 Å². The fourth-order valence-electron chi connectivity index (χ4n) is 6.33. The summed E-state index contributed by atoms with van der Waals surface area (Å²) in [6.07, 6.45) is 8.88. The van der Waals surface area contributed by atoms with Crippen molar-refractivity contribution in [2.75, 3.05) is 12.3 Å². The van der Waals surface area contributed by atoms with Gasteiger partial charge in [0.15, 0.2) is 0 Å². The number of hydrogen-bond donors (Lipinski definition) is 0. The van der Waals surface area contributed by atoms with Gasteiger partial charge in [-0.15, -0.1) is 0 Å². The molecule has 2 bridgehead atoms. The summed E-state index contributed by atoms with van der Waals surface area (Å²) in [5.41, 5.74) is 0.618. The van der Waals surface area contributed by atoms with E-state index in [2.05, 4.69) is 4.98 Å². The number of benzene rings is 1. The third-order valence-corrected chi connectivity index (χ3v) is 12.5. The van der Waals surface area contributed by atoms with Crippen molar-refractivity contribution in [2.45, 2.75) is 87.4 Å². The maximum Gasteiger partial charge on any atom is 0.245 e. The predicted molar refractivity (Wildman–Crippen MR) is 143 cm³/mol. The number of aromatic nitrogens is 1. The number of fused-ring (bicyclic) bond motifs is 2. The largest absolute Gasteiger partial charge is 0.490 e. The molecule has 11 heteroatoms. The van der Waals surface area contributed by atoms with Gasteiger partial charge in [-0.25, -0.2) is 16.8 Å². The van der Waals surface area contributed by atoms with E-state index >= 15 is 0 Å². The molecule has 0 saturated carbocycles. The molecule has 1 aromatic carbocycles. The van der Waals surface area contributed by atoms with E-state index in [1.807, 2.05) is 12.1 Å². The summed E-state index contributed by atoms with van der Waals surface area (Å²) in [7, 11) is -7.20. The average Bonchev–Trinajstić information content (AvgIpc) is 3.43. The minimum atomic E-state index is -3.75. The van der Waals surface area contributed by atoms with Crippen LogP contribution in [0.4, 0.5) is 0 Å². The molecule has 3 aliphatic rings. The summed E-state index contributed by atoms with van der Waals surface area (Å²) >= 11 is 6.28. The number of hydrogen-bond acceptors (Lipinski definition) is 6. The van der Waals surface area contributed by atoms with Crippen LogP contribution in [0.1, 0.15) is 56.9 Å².